The van der Waals surface area contributed by atoms with Gasteiger partial charge in [-0.25, -0.2) is 13.9 Å². The zero-order valence-corrected chi connectivity index (χ0v) is 18.7. The van der Waals surface area contributed by atoms with E-state index in [1.54, 1.807) is 42.5 Å². The number of rotatable bonds is 7. The molecule has 0 saturated carbocycles. The monoisotopic (exact) mass is 453 g/mol. The number of carbonyl (C=O) groups excluding carboxylic acids is 1. The van der Waals surface area contributed by atoms with E-state index in [9.17, 15) is 14.4 Å². The summed E-state index contributed by atoms with van der Waals surface area (Å²) in [5, 5.41) is 8.32. The highest BCUT2D eigenvalue weighted by Gasteiger charge is 2.18. The average molecular weight is 454 g/mol. The van der Waals surface area contributed by atoms with E-state index < -0.39 is 0 Å². The van der Waals surface area contributed by atoms with Gasteiger partial charge in [0.1, 0.15) is 0 Å². The minimum Gasteiger partial charge on any atom is -0.354 e. The van der Waals surface area contributed by atoms with Crippen LogP contribution in [0, 0.1) is 0 Å². The number of nitrogens with one attached hydrogen (secondary N) is 1. The molecule has 1 N–H and O–H groups in total. The van der Waals surface area contributed by atoms with E-state index in [0.717, 1.165) is 12.0 Å². The molecule has 4 rings (SSSR count). The zero-order valence-electron chi connectivity index (χ0n) is 17.9. The van der Waals surface area contributed by atoms with Gasteiger partial charge in [0, 0.05) is 24.0 Å². The highest BCUT2D eigenvalue weighted by atomic mass is 35.5. The number of fused-ring (bicyclic) bond motifs is 3. The second-order valence-electron chi connectivity index (χ2n) is 7.81. The summed E-state index contributed by atoms with van der Waals surface area (Å²) < 4.78 is 4.13. The van der Waals surface area contributed by atoms with E-state index >= 15 is 0 Å². The summed E-state index contributed by atoms with van der Waals surface area (Å²) in [5.74, 6) is 0.0512. The molecule has 166 valence electrons. The molecule has 0 aliphatic heterocycles. The molecule has 0 saturated heterocycles. The summed E-state index contributed by atoms with van der Waals surface area (Å²) in [6.07, 6.45) is 0.919. The molecule has 0 aliphatic carbocycles. The van der Waals surface area contributed by atoms with Gasteiger partial charge in [-0.3, -0.25) is 14.2 Å². The van der Waals surface area contributed by atoms with Gasteiger partial charge in [-0.15, -0.1) is 5.10 Å². The predicted octanol–water partition coefficient (Wildman–Crippen LogP) is 2.82. The van der Waals surface area contributed by atoms with E-state index in [1.807, 2.05) is 19.9 Å². The Morgan fingerprint density at radius 1 is 1.16 bits per heavy atom. The van der Waals surface area contributed by atoms with Crippen molar-refractivity contribution >= 4 is 34.2 Å². The first kappa shape index (κ1) is 21.8. The fourth-order valence-corrected chi connectivity index (χ4v) is 3.86. The van der Waals surface area contributed by atoms with Crippen molar-refractivity contribution in [3.05, 3.63) is 80.0 Å². The molecule has 8 nitrogen and oxygen atoms in total. The summed E-state index contributed by atoms with van der Waals surface area (Å²) in [7, 11) is 0. The van der Waals surface area contributed by atoms with E-state index in [1.165, 1.54) is 13.6 Å². The van der Waals surface area contributed by atoms with Gasteiger partial charge in [0.25, 0.3) is 5.56 Å². The van der Waals surface area contributed by atoms with Crippen molar-refractivity contribution in [1.29, 1.82) is 0 Å². The molecular weight excluding hydrogens is 430 g/mol. The van der Waals surface area contributed by atoms with Crippen molar-refractivity contribution < 1.29 is 4.79 Å². The van der Waals surface area contributed by atoms with Gasteiger partial charge in [-0.05, 0) is 43.2 Å². The molecule has 2 heterocycles. The molecule has 1 atom stereocenters. The number of nitrogens with zero attached hydrogens (tertiary/aromatic N) is 4. The van der Waals surface area contributed by atoms with Crippen LogP contribution < -0.4 is 16.6 Å². The Morgan fingerprint density at radius 2 is 1.94 bits per heavy atom. The van der Waals surface area contributed by atoms with E-state index in [4.69, 9.17) is 11.6 Å². The summed E-state index contributed by atoms with van der Waals surface area (Å²) >= 11 is 6.07. The minimum absolute atomic E-state index is 0.0513. The molecule has 0 spiro atoms. The van der Waals surface area contributed by atoms with Crippen LogP contribution in [0.25, 0.3) is 16.7 Å². The third-order valence-corrected chi connectivity index (χ3v) is 5.72. The van der Waals surface area contributed by atoms with Crippen LogP contribution in [0.15, 0.2) is 58.1 Å². The Balaban J connectivity index is 1.81. The van der Waals surface area contributed by atoms with Crippen LogP contribution in [0.2, 0.25) is 5.02 Å². The second-order valence-corrected chi connectivity index (χ2v) is 8.24. The summed E-state index contributed by atoms with van der Waals surface area (Å²) in [5.41, 5.74) is 0.641. The fourth-order valence-electron chi connectivity index (χ4n) is 3.64. The number of carbonyl (C=O) groups is 1. The lowest BCUT2D eigenvalue weighted by atomic mass is 10.2. The number of hydrogen-bond donors (Lipinski definition) is 1. The molecule has 2 aromatic heterocycles. The maximum atomic E-state index is 13.3. The summed E-state index contributed by atoms with van der Waals surface area (Å²) in [6, 6.07) is 14.1. The van der Waals surface area contributed by atoms with Crippen LogP contribution in [0.1, 0.15) is 32.3 Å². The third-order valence-electron chi connectivity index (χ3n) is 5.49. The van der Waals surface area contributed by atoms with Crippen molar-refractivity contribution in [1.82, 2.24) is 24.1 Å². The fraction of sp³-hybridized carbons (Fsp3) is 0.304. The third kappa shape index (κ3) is 4.18. The quantitative estimate of drug-likeness (QED) is 0.466. The first-order chi connectivity index (χ1) is 15.4. The Kier molecular flexibility index (Phi) is 6.14. The van der Waals surface area contributed by atoms with Crippen molar-refractivity contribution in [3.63, 3.8) is 0 Å². The van der Waals surface area contributed by atoms with Crippen molar-refractivity contribution in [2.75, 3.05) is 0 Å². The molecule has 9 heteroatoms. The van der Waals surface area contributed by atoms with Crippen LogP contribution >= 0.6 is 11.6 Å². The predicted molar refractivity (Wildman–Crippen MR) is 124 cm³/mol. The molecule has 0 radical (unpaired) electrons. The highest BCUT2D eigenvalue weighted by Crippen LogP contribution is 2.14. The Bertz CT molecular complexity index is 1420. The topological polar surface area (TPSA) is 90.4 Å². The van der Waals surface area contributed by atoms with Crippen LogP contribution in [0.5, 0.6) is 0 Å². The van der Waals surface area contributed by atoms with Gasteiger partial charge in [0.15, 0.2) is 0 Å². The average Bonchev–Trinajstić information content (AvgIpc) is 3.09. The van der Waals surface area contributed by atoms with Gasteiger partial charge >= 0.3 is 5.69 Å². The molecule has 1 amide bonds. The number of hydrogen-bond acceptors (Lipinski definition) is 4. The van der Waals surface area contributed by atoms with Gasteiger partial charge in [-0.1, -0.05) is 42.8 Å². The molecular formula is C23H24ClN5O3. The SMILES string of the molecule is CCC(C)NC(=O)CCn1c(=O)c2ccccc2n2c(=O)n(Cc3cccc(Cl)c3)nc12. The summed E-state index contributed by atoms with van der Waals surface area (Å²) in [4.78, 5) is 38.8. The first-order valence-electron chi connectivity index (χ1n) is 10.5. The molecule has 0 fully saturated rings. The Labute approximate surface area is 189 Å². The number of aryl methyl sites for hydroxylation is 1. The van der Waals surface area contributed by atoms with Crippen molar-refractivity contribution in [3.8, 4) is 0 Å². The Hall–Kier alpha value is -3.39. The molecule has 2 aromatic carbocycles. The maximum absolute atomic E-state index is 13.3. The Morgan fingerprint density at radius 3 is 2.69 bits per heavy atom. The summed E-state index contributed by atoms with van der Waals surface area (Å²) in [6.45, 7) is 4.23. The van der Waals surface area contributed by atoms with Crippen molar-refractivity contribution in [2.45, 2.75) is 45.8 Å². The van der Waals surface area contributed by atoms with Gasteiger partial charge in [-0.2, -0.15) is 0 Å². The normalized spacial score (nSPS) is 12.3. The van der Waals surface area contributed by atoms with E-state index in [0.29, 0.717) is 15.9 Å². The number of aromatic nitrogens is 4. The maximum Gasteiger partial charge on any atom is 0.352 e. The first-order valence-corrected chi connectivity index (χ1v) is 10.9. The molecule has 32 heavy (non-hydrogen) atoms. The number of benzene rings is 2. The van der Waals surface area contributed by atoms with Crippen LogP contribution in [-0.2, 0) is 17.9 Å². The smallest absolute Gasteiger partial charge is 0.352 e. The number of halogens is 1. The zero-order chi connectivity index (χ0) is 22.8. The largest absolute Gasteiger partial charge is 0.354 e. The molecule has 0 bridgehead atoms. The van der Waals surface area contributed by atoms with E-state index in [-0.39, 0.29) is 48.5 Å². The lowest BCUT2D eigenvalue weighted by Gasteiger charge is -2.12. The van der Waals surface area contributed by atoms with Crippen LogP contribution in [-0.4, -0.2) is 30.7 Å². The number of amides is 1. The molecule has 4 aromatic rings. The van der Waals surface area contributed by atoms with Gasteiger partial charge in [0.2, 0.25) is 11.7 Å². The molecule has 0 aliphatic rings. The standard InChI is InChI=1S/C23H24ClN5O3/c1-3-15(2)25-20(30)11-12-27-21(31)18-9-4-5-10-19(18)29-22(27)26-28(23(29)32)14-16-7-6-8-17(24)13-16/h4-10,13,15H,3,11-12,14H2,1-2H3,(H,25,30). The second kappa shape index (κ2) is 9.00. The van der Waals surface area contributed by atoms with E-state index in [2.05, 4.69) is 10.4 Å². The van der Waals surface area contributed by atoms with Gasteiger partial charge in [0.05, 0.1) is 17.4 Å². The van der Waals surface area contributed by atoms with Crippen molar-refractivity contribution in [2.24, 2.45) is 0 Å². The molecule has 1 unspecified atom stereocenters. The van der Waals surface area contributed by atoms with Crippen LogP contribution in [0.3, 0.4) is 0 Å². The van der Waals surface area contributed by atoms with Crippen LogP contribution in [0.4, 0.5) is 0 Å². The lowest BCUT2D eigenvalue weighted by molar-refractivity contribution is -0.121. The number of para-hydroxylation sites is 1. The minimum atomic E-state index is -0.367. The highest BCUT2D eigenvalue weighted by molar-refractivity contribution is 6.30. The lowest BCUT2D eigenvalue weighted by Crippen LogP contribution is -2.34. The van der Waals surface area contributed by atoms with Gasteiger partial charge < -0.3 is 5.32 Å².